The molecule has 6 rings (SSSR count). The number of aryl methyl sites for hydroxylation is 1. The number of nitrogens with one attached hydrogen (secondary N) is 2. The zero-order chi connectivity index (χ0) is 26.0. The number of rotatable bonds is 2. The van der Waals surface area contributed by atoms with Crippen molar-refractivity contribution in [1.82, 2.24) is 19.1 Å². The number of hydrogen-bond donors (Lipinski definition) is 3. The lowest BCUT2D eigenvalue weighted by molar-refractivity contribution is 0.667. The van der Waals surface area contributed by atoms with Gasteiger partial charge in [0.05, 0.1) is 5.56 Å². The van der Waals surface area contributed by atoms with Gasteiger partial charge in [-0.05, 0) is 18.6 Å². The second-order valence-corrected chi connectivity index (χ2v) is 9.31. The maximum atomic E-state index is 13.7. The Hall–Kier alpha value is -5.10. The summed E-state index contributed by atoms with van der Waals surface area (Å²) in [5.41, 5.74) is 10.9. The van der Waals surface area contributed by atoms with Crippen LogP contribution >= 0.6 is 0 Å². The highest BCUT2D eigenvalue weighted by molar-refractivity contribution is 6.00. The molecule has 4 N–H and O–H groups in total. The number of fused-ring (bicyclic) bond motifs is 3. The lowest BCUT2D eigenvalue weighted by Gasteiger charge is -2.32. The van der Waals surface area contributed by atoms with Crippen LogP contribution in [0.3, 0.4) is 0 Å². The van der Waals surface area contributed by atoms with Gasteiger partial charge in [0.25, 0.3) is 5.56 Å². The van der Waals surface area contributed by atoms with Crippen LogP contribution in [0.15, 0.2) is 64.3 Å². The van der Waals surface area contributed by atoms with E-state index in [1.165, 1.54) is 11.6 Å². The van der Waals surface area contributed by atoms with E-state index in [1.54, 1.807) is 7.05 Å². The number of aromatic amines is 1. The van der Waals surface area contributed by atoms with Crippen LogP contribution in [0, 0.1) is 18.3 Å². The van der Waals surface area contributed by atoms with Crippen molar-refractivity contribution in [2.45, 2.75) is 12.8 Å². The molecule has 0 aliphatic carbocycles. The van der Waals surface area contributed by atoms with Gasteiger partial charge in [0.2, 0.25) is 0 Å². The summed E-state index contributed by atoms with van der Waals surface area (Å²) in [6.07, 6.45) is 1.85. The minimum Gasteiger partial charge on any atom is -0.383 e. The van der Waals surface area contributed by atoms with Crippen molar-refractivity contribution in [3.8, 4) is 17.2 Å². The first-order chi connectivity index (χ1) is 17.8. The summed E-state index contributed by atoms with van der Waals surface area (Å²) >= 11 is 0. The Morgan fingerprint density at radius 2 is 1.76 bits per heavy atom. The molecule has 0 amide bonds. The van der Waals surface area contributed by atoms with Crippen molar-refractivity contribution < 1.29 is 0 Å². The van der Waals surface area contributed by atoms with Crippen molar-refractivity contribution in [2.24, 2.45) is 14.1 Å². The zero-order valence-corrected chi connectivity index (χ0v) is 20.5. The fourth-order valence-electron chi connectivity index (χ4n) is 5.30. The van der Waals surface area contributed by atoms with Crippen molar-refractivity contribution in [2.75, 3.05) is 11.1 Å². The molecule has 9 heteroatoms. The first kappa shape index (κ1) is 22.4. The Kier molecular flexibility index (Phi) is 4.81. The molecular formula is C28H23N7O2. The SMILES string of the molecule is Cc1ccc(C2c3c(nc(N)c(C#N)c3-c3c[nH]c4ccccc34)Nc3c2c(=O)n(C)c(=O)n3C)cc1. The van der Waals surface area contributed by atoms with Crippen molar-refractivity contribution in [1.29, 1.82) is 5.26 Å². The number of H-pyrrole nitrogens is 1. The Balaban J connectivity index is 1.81. The van der Waals surface area contributed by atoms with Gasteiger partial charge in [-0.3, -0.25) is 13.9 Å². The molecule has 0 spiro atoms. The molecule has 0 saturated heterocycles. The van der Waals surface area contributed by atoms with Crippen LogP contribution in [0.5, 0.6) is 0 Å². The summed E-state index contributed by atoms with van der Waals surface area (Å²) in [7, 11) is 3.08. The minimum absolute atomic E-state index is 0.0639. The van der Waals surface area contributed by atoms with Crippen LogP contribution in [0.25, 0.3) is 22.0 Å². The highest BCUT2D eigenvalue weighted by atomic mass is 16.2. The normalized spacial score (nSPS) is 14.1. The predicted molar refractivity (Wildman–Crippen MR) is 143 cm³/mol. The smallest absolute Gasteiger partial charge is 0.332 e. The summed E-state index contributed by atoms with van der Waals surface area (Å²) in [4.78, 5) is 34.3. The molecule has 5 aromatic rings. The van der Waals surface area contributed by atoms with Gasteiger partial charge < -0.3 is 16.0 Å². The van der Waals surface area contributed by atoms with E-state index < -0.39 is 17.2 Å². The Morgan fingerprint density at radius 3 is 2.49 bits per heavy atom. The predicted octanol–water partition coefficient (Wildman–Crippen LogP) is 3.63. The van der Waals surface area contributed by atoms with Gasteiger partial charge >= 0.3 is 5.69 Å². The quantitative estimate of drug-likeness (QED) is 0.340. The van der Waals surface area contributed by atoms with E-state index in [1.807, 2.05) is 61.7 Å². The standard InChI is InChI=1S/C28H23N7O2/c1-14-8-10-15(11-9-14)20-22-21(18-13-31-19-7-5-4-6-16(18)19)17(12-29)24(30)32-25(22)33-26-23(20)27(36)35(3)28(37)34(26)2/h4-11,13,20,31H,1-3H3,(H3,30,32,33). The molecule has 4 heterocycles. The number of nitriles is 1. The Labute approximate surface area is 211 Å². The summed E-state index contributed by atoms with van der Waals surface area (Å²) < 4.78 is 2.51. The Morgan fingerprint density at radius 1 is 1.03 bits per heavy atom. The molecule has 1 aliphatic rings. The van der Waals surface area contributed by atoms with Crippen molar-refractivity contribution in [3.05, 3.63) is 103 Å². The lowest BCUT2D eigenvalue weighted by atomic mass is 9.78. The van der Waals surface area contributed by atoms with Gasteiger partial charge in [0, 0.05) is 53.8 Å². The molecule has 37 heavy (non-hydrogen) atoms. The largest absolute Gasteiger partial charge is 0.383 e. The lowest BCUT2D eigenvalue weighted by Crippen LogP contribution is -2.42. The van der Waals surface area contributed by atoms with E-state index in [9.17, 15) is 14.9 Å². The van der Waals surface area contributed by atoms with E-state index in [4.69, 9.17) is 5.73 Å². The molecule has 1 aliphatic heterocycles. The van der Waals surface area contributed by atoms with Gasteiger partial charge in [-0.1, -0.05) is 48.0 Å². The maximum absolute atomic E-state index is 13.7. The van der Waals surface area contributed by atoms with E-state index in [-0.39, 0.29) is 11.4 Å². The van der Waals surface area contributed by atoms with Gasteiger partial charge in [-0.25, -0.2) is 9.78 Å². The third-order valence-corrected chi connectivity index (χ3v) is 7.16. The van der Waals surface area contributed by atoms with E-state index in [0.717, 1.165) is 32.2 Å². The summed E-state index contributed by atoms with van der Waals surface area (Å²) in [6.45, 7) is 1.99. The molecule has 0 fully saturated rings. The number of hydrogen-bond acceptors (Lipinski definition) is 6. The number of para-hydroxylation sites is 1. The molecule has 0 bridgehead atoms. The number of nitrogens with zero attached hydrogens (tertiary/aromatic N) is 4. The fourth-order valence-corrected chi connectivity index (χ4v) is 5.30. The van der Waals surface area contributed by atoms with Crippen LogP contribution in [0.4, 0.5) is 17.5 Å². The second-order valence-electron chi connectivity index (χ2n) is 9.31. The number of nitrogens with two attached hydrogens (primary N) is 1. The molecule has 1 atom stereocenters. The zero-order valence-electron chi connectivity index (χ0n) is 20.5. The third kappa shape index (κ3) is 3.12. The second kappa shape index (κ2) is 7.96. The van der Waals surface area contributed by atoms with Crippen molar-refractivity contribution >= 4 is 28.4 Å². The highest BCUT2D eigenvalue weighted by Crippen LogP contribution is 2.49. The van der Waals surface area contributed by atoms with E-state index in [2.05, 4.69) is 21.4 Å². The van der Waals surface area contributed by atoms with Gasteiger partial charge in [0.15, 0.2) is 0 Å². The number of benzene rings is 2. The van der Waals surface area contributed by atoms with Gasteiger partial charge in [-0.15, -0.1) is 0 Å². The average Bonchev–Trinajstić information content (AvgIpc) is 3.33. The van der Waals surface area contributed by atoms with Gasteiger partial charge in [-0.2, -0.15) is 5.26 Å². The third-order valence-electron chi connectivity index (χ3n) is 7.16. The van der Waals surface area contributed by atoms with Crippen LogP contribution in [0.1, 0.15) is 33.7 Å². The van der Waals surface area contributed by atoms with Crippen LogP contribution in [0.2, 0.25) is 0 Å². The summed E-state index contributed by atoms with van der Waals surface area (Å²) in [5, 5.41) is 14.3. The fraction of sp³-hybridized carbons (Fsp3) is 0.143. The molecule has 0 radical (unpaired) electrons. The molecule has 2 aromatic carbocycles. The molecule has 1 unspecified atom stereocenters. The topological polar surface area (TPSA) is 135 Å². The summed E-state index contributed by atoms with van der Waals surface area (Å²) in [6, 6.07) is 17.9. The number of anilines is 3. The summed E-state index contributed by atoms with van der Waals surface area (Å²) in [5.74, 6) is 0.209. The monoisotopic (exact) mass is 489 g/mol. The first-order valence-corrected chi connectivity index (χ1v) is 11.7. The highest BCUT2D eigenvalue weighted by Gasteiger charge is 2.37. The maximum Gasteiger partial charge on any atom is 0.332 e. The van der Waals surface area contributed by atoms with E-state index >= 15 is 0 Å². The molecular weight excluding hydrogens is 466 g/mol. The number of pyridine rings is 1. The average molecular weight is 490 g/mol. The molecule has 0 saturated carbocycles. The van der Waals surface area contributed by atoms with Crippen LogP contribution in [-0.2, 0) is 14.1 Å². The molecule has 3 aromatic heterocycles. The van der Waals surface area contributed by atoms with Crippen LogP contribution in [-0.4, -0.2) is 19.1 Å². The number of nitrogen functional groups attached to an aromatic ring is 1. The molecule has 9 nitrogen and oxygen atoms in total. The molecule has 182 valence electrons. The Bertz CT molecular complexity index is 1900. The van der Waals surface area contributed by atoms with E-state index in [0.29, 0.717) is 28.3 Å². The van der Waals surface area contributed by atoms with Gasteiger partial charge in [0.1, 0.15) is 29.1 Å². The van der Waals surface area contributed by atoms with Crippen LogP contribution < -0.4 is 22.3 Å². The number of aromatic nitrogens is 4. The van der Waals surface area contributed by atoms with Crippen molar-refractivity contribution in [3.63, 3.8) is 0 Å². The first-order valence-electron chi connectivity index (χ1n) is 11.7. The minimum atomic E-state index is -0.610.